The number of thiazole rings is 1. The lowest BCUT2D eigenvalue weighted by molar-refractivity contribution is 0.415. The Morgan fingerprint density at radius 1 is 1.20 bits per heavy atom. The van der Waals surface area contributed by atoms with Gasteiger partial charge in [0, 0.05) is 6.08 Å². The van der Waals surface area contributed by atoms with Gasteiger partial charge in [0.2, 0.25) is 4.96 Å². The summed E-state index contributed by atoms with van der Waals surface area (Å²) in [5, 5.41) is 4.25. The van der Waals surface area contributed by atoms with Crippen molar-refractivity contribution in [2.45, 2.75) is 0 Å². The van der Waals surface area contributed by atoms with Crippen LogP contribution < -0.4 is 14.8 Å². The van der Waals surface area contributed by atoms with Gasteiger partial charge in [0.1, 0.15) is 16.0 Å². The highest BCUT2D eigenvalue weighted by atomic mass is 32.1. The SMILES string of the molecule is COc1ccc(/C=C/c2nc3s/c(=C/c4ccco4)c(=O)n3n2)cc1. The third-order valence-electron chi connectivity index (χ3n) is 3.56. The fourth-order valence-electron chi connectivity index (χ4n) is 2.31. The summed E-state index contributed by atoms with van der Waals surface area (Å²) in [6, 6.07) is 11.2. The molecule has 3 aromatic heterocycles. The van der Waals surface area contributed by atoms with Gasteiger partial charge in [0.25, 0.3) is 5.56 Å². The quantitative estimate of drug-likeness (QED) is 0.565. The second-order valence-corrected chi connectivity index (χ2v) is 6.21. The minimum Gasteiger partial charge on any atom is -0.497 e. The van der Waals surface area contributed by atoms with Crippen LogP contribution in [0.3, 0.4) is 0 Å². The molecule has 7 heteroatoms. The molecular formula is C18H13N3O3S. The van der Waals surface area contributed by atoms with E-state index in [1.165, 1.54) is 15.9 Å². The number of hydrogen-bond donors (Lipinski definition) is 0. The molecule has 124 valence electrons. The van der Waals surface area contributed by atoms with Gasteiger partial charge in [-0.1, -0.05) is 29.5 Å². The fraction of sp³-hybridized carbons (Fsp3) is 0.0556. The smallest absolute Gasteiger partial charge is 0.291 e. The second kappa shape index (κ2) is 6.37. The average Bonchev–Trinajstić information content (AvgIpc) is 3.34. The van der Waals surface area contributed by atoms with Crippen LogP contribution >= 0.6 is 11.3 Å². The van der Waals surface area contributed by atoms with Crippen molar-refractivity contribution in [2.75, 3.05) is 7.11 Å². The molecule has 0 aliphatic carbocycles. The lowest BCUT2D eigenvalue weighted by atomic mass is 10.2. The molecule has 0 bridgehead atoms. The van der Waals surface area contributed by atoms with E-state index in [0.717, 1.165) is 11.3 Å². The molecule has 4 rings (SSSR count). The van der Waals surface area contributed by atoms with Crippen molar-refractivity contribution in [2.24, 2.45) is 0 Å². The molecule has 0 saturated heterocycles. The van der Waals surface area contributed by atoms with Gasteiger partial charge in [-0.15, -0.1) is 5.10 Å². The minimum absolute atomic E-state index is 0.201. The summed E-state index contributed by atoms with van der Waals surface area (Å²) in [5.41, 5.74) is 0.793. The van der Waals surface area contributed by atoms with Gasteiger partial charge >= 0.3 is 0 Å². The van der Waals surface area contributed by atoms with E-state index in [0.29, 0.717) is 21.1 Å². The Kier molecular flexibility index (Phi) is 3.91. The van der Waals surface area contributed by atoms with Crippen LogP contribution in [0.1, 0.15) is 17.1 Å². The van der Waals surface area contributed by atoms with Gasteiger partial charge in [-0.05, 0) is 35.9 Å². The first kappa shape index (κ1) is 15.3. The first-order valence-electron chi connectivity index (χ1n) is 7.50. The van der Waals surface area contributed by atoms with Crippen LogP contribution in [0.2, 0.25) is 0 Å². The van der Waals surface area contributed by atoms with Crippen molar-refractivity contribution in [3.63, 3.8) is 0 Å². The molecule has 0 amide bonds. The first-order chi connectivity index (χ1) is 12.2. The Bertz CT molecular complexity index is 1140. The highest BCUT2D eigenvalue weighted by Gasteiger charge is 2.09. The number of ether oxygens (including phenoxy) is 1. The molecule has 4 aromatic rings. The zero-order valence-electron chi connectivity index (χ0n) is 13.2. The van der Waals surface area contributed by atoms with Crippen LogP contribution in [0, 0.1) is 0 Å². The number of fused-ring (bicyclic) bond motifs is 1. The monoisotopic (exact) mass is 351 g/mol. The van der Waals surface area contributed by atoms with Crippen LogP contribution in [0.4, 0.5) is 0 Å². The van der Waals surface area contributed by atoms with Crippen molar-refractivity contribution in [1.29, 1.82) is 0 Å². The molecule has 0 unspecified atom stereocenters. The molecule has 3 heterocycles. The predicted octanol–water partition coefficient (Wildman–Crippen LogP) is 2.47. The van der Waals surface area contributed by atoms with Crippen molar-refractivity contribution < 1.29 is 9.15 Å². The maximum atomic E-state index is 12.4. The standard InChI is InChI=1S/C18H13N3O3S/c1-23-13-7-4-12(5-8-13)6-9-16-19-18-21(20-16)17(22)15(25-18)11-14-3-2-10-24-14/h2-11H,1H3/b9-6+,15-11+. The summed E-state index contributed by atoms with van der Waals surface area (Å²) in [5.74, 6) is 1.92. The zero-order valence-corrected chi connectivity index (χ0v) is 14.1. The highest BCUT2D eigenvalue weighted by Crippen LogP contribution is 2.13. The Balaban J connectivity index is 1.63. The molecule has 0 atom stereocenters. The first-order valence-corrected chi connectivity index (χ1v) is 8.31. The lowest BCUT2D eigenvalue weighted by Gasteiger charge is -1.98. The Morgan fingerprint density at radius 3 is 2.72 bits per heavy atom. The van der Waals surface area contributed by atoms with Gasteiger partial charge < -0.3 is 9.15 Å². The highest BCUT2D eigenvalue weighted by molar-refractivity contribution is 7.15. The summed E-state index contributed by atoms with van der Waals surface area (Å²) < 4.78 is 12.2. The van der Waals surface area contributed by atoms with Crippen molar-refractivity contribution in [3.8, 4) is 5.75 Å². The van der Waals surface area contributed by atoms with Gasteiger partial charge in [-0.25, -0.2) is 0 Å². The largest absolute Gasteiger partial charge is 0.497 e. The molecule has 0 spiro atoms. The minimum atomic E-state index is -0.201. The topological polar surface area (TPSA) is 69.6 Å². The second-order valence-electron chi connectivity index (χ2n) is 5.20. The maximum Gasteiger partial charge on any atom is 0.291 e. The summed E-state index contributed by atoms with van der Waals surface area (Å²) in [6.45, 7) is 0. The summed E-state index contributed by atoms with van der Waals surface area (Å²) in [7, 11) is 1.63. The van der Waals surface area contributed by atoms with Crippen LogP contribution in [-0.2, 0) is 0 Å². The Morgan fingerprint density at radius 2 is 2.04 bits per heavy atom. The number of hydrogen-bond acceptors (Lipinski definition) is 6. The number of furan rings is 1. The summed E-state index contributed by atoms with van der Waals surface area (Å²) in [4.78, 5) is 17.3. The Labute approximate surface area is 146 Å². The normalized spacial score (nSPS) is 12.4. The number of benzene rings is 1. The molecule has 0 radical (unpaired) electrons. The van der Waals surface area contributed by atoms with E-state index < -0.39 is 0 Å². The molecule has 1 aromatic carbocycles. The number of aromatic nitrogens is 3. The molecule has 6 nitrogen and oxygen atoms in total. The van der Waals surface area contributed by atoms with Crippen molar-refractivity contribution >= 4 is 34.5 Å². The molecule has 25 heavy (non-hydrogen) atoms. The molecular weight excluding hydrogens is 338 g/mol. The van der Waals surface area contributed by atoms with E-state index in [1.54, 1.807) is 37.7 Å². The molecule has 0 N–H and O–H groups in total. The van der Waals surface area contributed by atoms with Crippen molar-refractivity contribution in [1.82, 2.24) is 14.6 Å². The number of nitrogens with zero attached hydrogens (tertiary/aromatic N) is 3. The van der Waals surface area contributed by atoms with Gasteiger partial charge in [-0.3, -0.25) is 4.79 Å². The van der Waals surface area contributed by atoms with Crippen molar-refractivity contribution in [3.05, 3.63) is 74.7 Å². The number of methoxy groups -OCH3 is 1. The summed E-state index contributed by atoms with van der Waals surface area (Å²) in [6.07, 6.45) is 6.92. The molecule has 0 aliphatic rings. The zero-order chi connectivity index (χ0) is 17.2. The predicted molar refractivity (Wildman–Crippen MR) is 96.5 cm³/mol. The van der Waals surface area contributed by atoms with Crippen LogP contribution in [0.15, 0.2) is 51.9 Å². The van der Waals surface area contributed by atoms with E-state index in [2.05, 4.69) is 10.1 Å². The van der Waals surface area contributed by atoms with E-state index in [-0.39, 0.29) is 5.56 Å². The maximum absolute atomic E-state index is 12.4. The van der Waals surface area contributed by atoms with E-state index in [1.807, 2.05) is 30.3 Å². The van der Waals surface area contributed by atoms with E-state index in [9.17, 15) is 4.79 Å². The van der Waals surface area contributed by atoms with E-state index in [4.69, 9.17) is 9.15 Å². The van der Waals surface area contributed by atoms with Gasteiger partial charge in [0.05, 0.1) is 13.4 Å². The van der Waals surface area contributed by atoms with Crippen LogP contribution in [-0.4, -0.2) is 21.7 Å². The van der Waals surface area contributed by atoms with Gasteiger partial charge in [0.15, 0.2) is 5.82 Å². The van der Waals surface area contributed by atoms with Crippen LogP contribution in [0.25, 0.3) is 23.2 Å². The van der Waals surface area contributed by atoms with E-state index >= 15 is 0 Å². The molecule has 0 aliphatic heterocycles. The molecule has 0 saturated carbocycles. The lowest BCUT2D eigenvalue weighted by Crippen LogP contribution is -2.23. The van der Waals surface area contributed by atoms with Crippen LogP contribution in [0.5, 0.6) is 5.75 Å². The Hall–Kier alpha value is -3.19. The fourth-order valence-corrected chi connectivity index (χ4v) is 3.20. The number of rotatable bonds is 4. The van der Waals surface area contributed by atoms with Gasteiger partial charge in [-0.2, -0.15) is 9.50 Å². The molecule has 0 fully saturated rings. The third kappa shape index (κ3) is 3.09. The third-order valence-corrected chi connectivity index (χ3v) is 4.51. The average molecular weight is 351 g/mol. The summed E-state index contributed by atoms with van der Waals surface area (Å²) >= 11 is 1.28.